The number of benzene rings is 1. The van der Waals surface area contributed by atoms with Gasteiger partial charge in [-0.3, -0.25) is 14.3 Å². The van der Waals surface area contributed by atoms with E-state index in [0.29, 0.717) is 25.3 Å². The van der Waals surface area contributed by atoms with Crippen LogP contribution in [0.1, 0.15) is 59.4 Å². The van der Waals surface area contributed by atoms with Gasteiger partial charge in [0.1, 0.15) is 24.6 Å². The van der Waals surface area contributed by atoms with Gasteiger partial charge in [-0.15, -0.1) is 0 Å². The van der Waals surface area contributed by atoms with Gasteiger partial charge < -0.3 is 19.6 Å². The molecular formula is C27H35FN4O4. The summed E-state index contributed by atoms with van der Waals surface area (Å²) in [5.41, 5.74) is 3.29. The molecule has 3 aliphatic rings. The third kappa shape index (κ3) is 5.12. The fourth-order valence-electron chi connectivity index (χ4n) is 5.52. The topological polar surface area (TPSA) is 87.9 Å². The van der Waals surface area contributed by atoms with Crippen molar-refractivity contribution in [2.45, 2.75) is 76.8 Å². The highest BCUT2D eigenvalue weighted by molar-refractivity contribution is 5.94. The van der Waals surface area contributed by atoms with E-state index in [0.717, 1.165) is 61.1 Å². The zero-order chi connectivity index (χ0) is 25.2. The van der Waals surface area contributed by atoms with Gasteiger partial charge in [0.2, 0.25) is 5.91 Å². The predicted octanol–water partition coefficient (Wildman–Crippen LogP) is 2.69. The second-order valence-electron chi connectivity index (χ2n) is 10.2. The van der Waals surface area contributed by atoms with Crippen molar-refractivity contribution in [1.29, 1.82) is 0 Å². The first-order chi connectivity index (χ1) is 17.4. The summed E-state index contributed by atoms with van der Waals surface area (Å²) in [5.74, 6) is 0.581. The molecule has 0 unspecified atom stereocenters. The van der Waals surface area contributed by atoms with Crippen molar-refractivity contribution in [2.75, 3.05) is 26.2 Å². The first kappa shape index (κ1) is 24.7. The van der Waals surface area contributed by atoms with Gasteiger partial charge in [0, 0.05) is 43.7 Å². The Morgan fingerprint density at radius 2 is 1.81 bits per heavy atom. The number of carbonyl (C=O) groups excluding carboxylic acids is 2. The summed E-state index contributed by atoms with van der Waals surface area (Å²) in [6.45, 7) is 3.56. The summed E-state index contributed by atoms with van der Waals surface area (Å²) in [4.78, 5) is 29.7. The molecule has 0 spiro atoms. The molecule has 3 heterocycles. The molecule has 1 N–H and O–H groups in total. The van der Waals surface area contributed by atoms with E-state index in [9.17, 15) is 19.1 Å². The van der Waals surface area contributed by atoms with Gasteiger partial charge in [0.25, 0.3) is 5.91 Å². The lowest BCUT2D eigenvalue weighted by Gasteiger charge is -2.32. The molecule has 2 atom stereocenters. The molecule has 1 aromatic heterocycles. The normalized spacial score (nSPS) is 22.9. The molecule has 0 radical (unpaired) electrons. The van der Waals surface area contributed by atoms with Gasteiger partial charge in [-0.1, -0.05) is 18.2 Å². The minimum Gasteiger partial charge on any atom is -0.490 e. The van der Waals surface area contributed by atoms with E-state index in [-0.39, 0.29) is 37.4 Å². The van der Waals surface area contributed by atoms with Crippen LogP contribution >= 0.6 is 0 Å². The van der Waals surface area contributed by atoms with Crippen molar-refractivity contribution in [1.82, 2.24) is 19.6 Å². The second kappa shape index (κ2) is 10.6. The molecule has 9 heteroatoms. The number of aliphatic hydroxyl groups is 1. The highest BCUT2D eigenvalue weighted by Crippen LogP contribution is 2.27. The molecule has 1 aliphatic carbocycles. The van der Waals surface area contributed by atoms with Gasteiger partial charge >= 0.3 is 0 Å². The van der Waals surface area contributed by atoms with Gasteiger partial charge in [0.05, 0.1) is 12.6 Å². The number of carbonyl (C=O) groups is 2. The van der Waals surface area contributed by atoms with Crippen LogP contribution in [-0.2, 0) is 24.2 Å². The summed E-state index contributed by atoms with van der Waals surface area (Å²) >= 11 is 0. The molecule has 2 fully saturated rings. The number of aliphatic hydroxyl groups excluding tert-OH is 1. The number of ether oxygens (including phenoxy) is 1. The maximum Gasteiger partial charge on any atom is 0.274 e. The Morgan fingerprint density at radius 3 is 2.56 bits per heavy atom. The number of rotatable bonds is 5. The van der Waals surface area contributed by atoms with E-state index in [1.807, 2.05) is 36.1 Å². The Hall–Kier alpha value is -2.94. The number of aryl methyl sites for hydroxylation is 1. The van der Waals surface area contributed by atoms with E-state index in [2.05, 4.69) is 5.10 Å². The Labute approximate surface area is 211 Å². The SMILES string of the molecule is Cc1ccccc1OC1CCN(C(=O)Cn2nc(C(=O)N3CC[C@H](O)[C@@H](F)C3)c3c2CCCC3)CC1. The lowest BCUT2D eigenvalue weighted by molar-refractivity contribution is -0.133. The van der Waals surface area contributed by atoms with Crippen LogP contribution in [0, 0.1) is 6.92 Å². The second-order valence-corrected chi connectivity index (χ2v) is 10.2. The smallest absolute Gasteiger partial charge is 0.274 e. The van der Waals surface area contributed by atoms with Crippen molar-refractivity contribution >= 4 is 11.8 Å². The Bertz CT molecular complexity index is 1110. The summed E-state index contributed by atoms with van der Waals surface area (Å²) in [6, 6.07) is 7.97. The largest absolute Gasteiger partial charge is 0.490 e. The van der Waals surface area contributed by atoms with Crippen molar-refractivity contribution in [3.8, 4) is 5.75 Å². The van der Waals surface area contributed by atoms with Crippen LogP contribution in [0.25, 0.3) is 0 Å². The number of nitrogens with zero attached hydrogens (tertiary/aromatic N) is 4. The van der Waals surface area contributed by atoms with Crippen molar-refractivity contribution in [3.05, 3.63) is 46.8 Å². The molecule has 1 aromatic carbocycles. The Balaban J connectivity index is 1.23. The highest BCUT2D eigenvalue weighted by Gasteiger charge is 2.34. The van der Waals surface area contributed by atoms with Crippen LogP contribution in [0.3, 0.4) is 0 Å². The molecule has 5 rings (SSSR count). The predicted molar refractivity (Wildman–Crippen MR) is 132 cm³/mol. The quantitative estimate of drug-likeness (QED) is 0.685. The zero-order valence-electron chi connectivity index (χ0n) is 20.9. The van der Waals surface area contributed by atoms with Crippen LogP contribution in [0.15, 0.2) is 24.3 Å². The number of para-hydroxylation sites is 1. The van der Waals surface area contributed by atoms with Crippen molar-refractivity contribution in [2.24, 2.45) is 0 Å². The van der Waals surface area contributed by atoms with E-state index in [1.54, 1.807) is 4.68 Å². The standard InChI is InChI=1S/C27H35FN4O4/c1-18-6-2-5-9-24(18)36-19-10-13-30(14-11-19)25(34)17-32-22-8-4-3-7-20(22)26(29-32)27(35)31-15-12-23(33)21(28)16-31/h2,5-6,9,19,21,23,33H,3-4,7-8,10-17H2,1H3/t21-,23-/m0/s1. The molecule has 0 saturated carbocycles. The zero-order valence-corrected chi connectivity index (χ0v) is 20.9. The van der Waals surface area contributed by atoms with Crippen LogP contribution in [-0.4, -0.2) is 81.1 Å². The van der Waals surface area contributed by atoms with Crippen LogP contribution in [0.2, 0.25) is 0 Å². The van der Waals surface area contributed by atoms with Gasteiger partial charge in [-0.05, 0) is 50.7 Å². The average molecular weight is 499 g/mol. The number of hydrogen-bond donors (Lipinski definition) is 1. The van der Waals surface area contributed by atoms with E-state index in [4.69, 9.17) is 4.74 Å². The fraction of sp³-hybridized carbons (Fsp3) is 0.593. The highest BCUT2D eigenvalue weighted by atomic mass is 19.1. The molecule has 2 amide bonds. The molecule has 2 aromatic rings. The molecule has 194 valence electrons. The maximum absolute atomic E-state index is 14.1. The molecule has 8 nitrogen and oxygen atoms in total. The van der Waals surface area contributed by atoms with Gasteiger partial charge in [-0.2, -0.15) is 5.10 Å². The third-order valence-electron chi connectivity index (χ3n) is 7.72. The van der Waals surface area contributed by atoms with Crippen LogP contribution in [0.4, 0.5) is 4.39 Å². The number of halogens is 1. The lowest BCUT2D eigenvalue weighted by Crippen LogP contribution is -2.47. The van der Waals surface area contributed by atoms with Crippen LogP contribution < -0.4 is 4.74 Å². The number of alkyl halides is 1. The minimum absolute atomic E-state index is 0.0101. The monoisotopic (exact) mass is 498 g/mol. The molecule has 36 heavy (non-hydrogen) atoms. The van der Waals surface area contributed by atoms with E-state index in [1.165, 1.54) is 4.90 Å². The summed E-state index contributed by atoms with van der Waals surface area (Å²) < 4.78 is 21.9. The third-order valence-corrected chi connectivity index (χ3v) is 7.72. The van der Waals surface area contributed by atoms with Gasteiger partial charge in [-0.25, -0.2) is 4.39 Å². The number of amides is 2. The number of fused-ring (bicyclic) bond motifs is 1. The number of piperidine rings is 2. The van der Waals surface area contributed by atoms with Crippen molar-refractivity contribution < 1.29 is 23.8 Å². The lowest BCUT2D eigenvalue weighted by atomic mass is 9.95. The molecule has 0 bridgehead atoms. The van der Waals surface area contributed by atoms with E-state index >= 15 is 0 Å². The van der Waals surface area contributed by atoms with Crippen molar-refractivity contribution in [3.63, 3.8) is 0 Å². The summed E-state index contributed by atoms with van der Waals surface area (Å²) in [7, 11) is 0. The average Bonchev–Trinajstić information content (AvgIpc) is 3.25. The first-order valence-electron chi connectivity index (χ1n) is 13.1. The fourth-order valence-corrected chi connectivity index (χ4v) is 5.52. The minimum atomic E-state index is -1.44. The number of hydrogen-bond acceptors (Lipinski definition) is 5. The number of aromatic nitrogens is 2. The van der Waals surface area contributed by atoms with Gasteiger partial charge in [0.15, 0.2) is 5.69 Å². The van der Waals surface area contributed by atoms with Crippen LogP contribution in [0.5, 0.6) is 5.75 Å². The number of likely N-dealkylation sites (tertiary alicyclic amines) is 2. The molecular weight excluding hydrogens is 463 g/mol. The summed E-state index contributed by atoms with van der Waals surface area (Å²) in [6.07, 6.45) is 2.84. The molecule has 2 aliphatic heterocycles. The Kier molecular flexibility index (Phi) is 7.27. The maximum atomic E-state index is 14.1. The van der Waals surface area contributed by atoms with E-state index < -0.39 is 12.3 Å². The summed E-state index contributed by atoms with van der Waals surface area (Å²) in [5, 5.41) is 14.3. The molecule has 2 saturated heterocycles. The Morgan fingerprint density at radius 1 is 1.08 bits per heavy atom. The first-order valence-corrected chi connectivity index (χ1v) is 13.1.